The second-order valence-corrected chi connectivity index (χ2v) is 27.2. The van der Waals surface area contributed by atoms with Gasteiger partial charge in [0.1, 0.15) is 35.9 Å². The monoisotopic (exact) mass is 1420 g/mol. The lowest BCUT2D eigenvalue weighted by Crippen LogP contribution is -2.46. The molecular weight excluding hydrogens is 1340 g/mol. The van der Waals surface area contributed by atoms with E-state index in [1.165, 1.54) is 0 Å². The maximum atomic E-state index is 13.0. The Hall–Kier alpha value is -8.85. The molecule has 0 saturated heterocycles. The van der Waals surface area contributed by atoms with Crippen LogP contribution in [0.4, 0.5) is 16.2 Å². The molecule has 8 N–H and O–H groups in total. The molecule has 0 radical (unpaired) electrons. The van der Waals surface area contributed by atoms with E-state index in [1.807, 2.05) is 36.4 Å². The summed E-state index contributed by atoms with van der Waals surface area (Å²) in [5.41, 5.74) is 7.76. The summed E-state index contributed by atoms with van der Waals surface area (Å²) >= 11 is 0. The van der Waals surface area contributed by atoms with Gasteiger partial charge in [-0.3, -0.25) is 23.5 Å². The third kappa shape index (κ3) is 28.2. The Labute approximate surface area is 559 Å². The maximum absolute atomic E-state index is 13.0. The molecule has 0 saturated carbocycles. The van der Waals surface area contributed by atoms with Crippen LogP contribution in [0.1, 0.15) is 141 Å². The summed E-state index contributed by atoms with van der Waals surface area (Å²) in [6.45, 7) is 9.62. The molecule has 3 aromatic carbocycles. The summed E-state index contributed by atoms with van der Waals surface area (Å²) in [6.07, 6.45) is 12.4. The number of aliphatic carboxylic acids is 3. The number of hydrogen-bond donors (Lipinski definition) is 8. The number of para-hydroxylation sites is 2. The first-order valence-electron chi connectivity index (χ1n) is 30.2. The lowest BCUT2D eigenvalue weighted by Gasteiger charge is -2.27. The number of hydrogen-bond acceptors (Lipinski definition) is 20. The van der Waals surface area contributed by atoms with Crippen LogP contribution in [-0.4, -0.2) is 162 Å². The number of ketones is 1. The molecule has 2 aliphatic heterocycles. The Bertz CT molecular complexity index is 3910. The molecule has 1 aliphatic carbocycles. The van der Waals surface area contributed by atoms with Gasteiger partial charge in [-0.1, -0.05) is 68.5 Å². The number of benzene rings is 3. The second kappa shape index (κ2) is 39.3. The lowest BCUT2D eigenvalue weighted by molar-refractivity contribution is -0.438. The van der Waals surface area contributed by atoms with Crippen molar-refractivity contribution in [3.8, 4) is 5.75 Å². The van der Waals surface area contributed by atoms with Gasteiger partial charge < -0.3 is 40.9 Å². The summed E-state index contributed by atoms with van der Waals surface area (Å²) in [6, 6.07) is 19.7. The number of carboxylic acids is 3. The van der Waals surface area contributed by atoms with Crippen molar-refractivity contribution in [1.29, 1.82) is 0 Å². The van der Waals surface area contributed by atoms with Crippen LogP contribution in [0.25, 0.3) is 0 Å². The fourth-order valence-corrected chi connectivity index (χ4v) is 12.2. The average Bonchev–Trinajstić information content (AvgIpc) is 1.60. The molecule has 2 heterocycles. The van der Waals surface area contributed by atoms with Crippen molar-refractivity contribution in [2.24, 2.45) is 0 Å². The number of ether oxygens (including phenoxy) is 1. The molecule has 3 aromatic rings. The zero-order valence-electron chi connectivity index (χ0n) is 53.3. The summed E-state index contributed by atoms with van der Waals surface area (Å²) in [4.78, 5) is 91.0. The number of allylic oxidation sites excluding steroid dienone is 7. The summed E-state index contributed by atoms with van der Waals surface area (Å²) < 4.78 is 125. The normalized spacial score (nSPS) is 15.8. The molecule has 33 heteroatoms. The zero-order chi connectivity index (χ0) is 72.0. The van der Waals surface area contributed by atoms with Crippen molar-refractivity contribution in [3.63, 3.8) is 0 Å². The predicted molar refractivity (Wildman–Crippen MR) is 346 cm³/mol. The molecule has 3 amide bonds. The van der Waals surface area contributed by atoms with Crippen molar-refractivity contribution in [2.75, 3.05) is 36.0 Å². The number of anilines is 1. The highest BCUT2D eigenvalue weighted by atomic mass is 32.2. The van der Waals surface area contributed by atoms with E-state index in [1.54, 1.807) is 24.3 Å². The van der Waals surface area contributed by atoms with Crippen LogP contribution >= 0.6 is 0 Å². The van der Waals surface area contributed by atoms with Crippen molar-refractivity contribution in [1.82, 2.24) is 16.0 Å². The first kappa shape index (κ1) is 81.4. The van der Waals surface area contributed by atoms with Crippen LogP contribution in [0.15, 0.2) is 120 Å². The number of unbranched alkanes of at least 4 members (excludes halogenated alkanes) is 3. The molecule has 0 fully saturated rings. The zero-order valence-corrected chi connectivity index (χ0v) is 56.5. The van der Waals surface area contributed by atoms with Gasteiger partial charge in [0.25, 0.3) is 20.2 Å². The van der Waals surface area contributed by atoms with Crippen LogP contribution < -0.4 is 25.6 Å². The second-order valence-electron chi connectivity index (χ2n) is 23.2. The smallest absolute Gasteiger partial charge is 0.425 e. The van der Waals surface area contributed by atoms with Crippen molar-refractivity contribution >= 4 is 100 Å². The van der Waals surface area contributed by atoms with E-state index in [0.717, 1.165) is 51.5 Å². The number of Topliss-reactive ketones (excluding diaryl/α,β-unsaturated/α-hetero) is 1. The van der Waals surface area contributed by atoms with Gasteiger partial charge in [0, 0.05) is 86.1 Å². The summed E-state index contributed by atoms with van der Waals surface area (Å²) in [5, 5.41) is 35.7. The Morgan fingerprint density at radius 3 is 1.83 bits per heavy atom. The standard InChI is InChI=1S/C62H79N5O16S2.CO2.2O3S/c1-61(2)47-20-6-8-22-51(47)66(37-11-13-39-84(77,78)79)53(61)34-28-43-17-15-18-44(29-35-54-62(3,4)48-21-7-9-23-52(48)67(54)38-12-14-40-85(80,81)82)57(43)83-46-31-26-42(27-32-46)41-50(59(74)75)64-55(69)24-10-5-19-45(68)30-33-49(58(72)73)65-60(76)63-36-16-25-56(70)71;2-1-3;2*1-4(2)3/h6-9,20-23,26-29,31-32,34-35,49-50H,5,10-19,24-25,30,33,36-41H2,1-4H3,(H7-,63,64,65,69,70,71,72,73,74,75,76,77,78,79,80,81,82);;;/p+1/t49-,50+;;;/m1.../s1. The fourth-order valence-electron chi connectivity index (χ4n) is 11.0. The van der Waals surface area contributed by atoms with E-state index in [0.29, 0.717) is 55.8 Å². The van der Waals surface area contributed by atoms with Crippen LogP contribution in [0.3, 0.4) is 0 Å². The van der Waals surface area contributed by atoms with Gasteiger partial charge in [-0.05, 0) is 131 Å². The van der Waals surface area contributed by atoms with E-state index in [-0.39, 0.29) is 101 Å². The number of rotatable bonds is 33. The summed E-state index contributed by atoms with van der Waals surface area (Å²) in [7, 11) is -14.5. The molecule has 0 spiro atoms. The van der Waals surface area contributed by atoms with Gasteiger partial charge in [-0.25, -0.2) is 14.4 Å². The third-order valence-electron chi connectivity index (χ3n) is 15.5. The Morgan fingerprint density at radius 2 is 1.24 bits per heavy atom. The number of urea groups is 1. The first-order valence-corrected chi connectivity index (χ1v) is 35.4. The summed E-state index contributed by atoms with van der Waals surface area (Å²) in [5.74, 6) is -4.03. The Kier molecular flexibility index (Phi) is 33.3. The highest BCUT2D eigenvalue weighted by Gasteiger charge is 2.44. The highest BCUT2D eigenvalue weighted by Crippen LogP contribution is 2.48. The molecular formula is C63H80N5O24S4+. The maximum Gasteiger partial charge on any atom is 0.425 e. The van der Waals surface area contributed by atoms with Crippen LogP contribution in [0, 0.1) is 0 Å². The molecule has 0 unspecified atom stereocenters. The van der Waals surface area contributed by atoms with Gasteiger partial charge in [0.2, 0.25) is 11.6 Å². The van der Waals surface area contributed by atoms with Crippen molar-refractivity contribution in [3.05, 3.63) is 136 Å². The quantitative estimate of drug-likeness (QED) is 0.0193. The number of carbonyl (C=O) groups excluding carboxylic acids is 5. The predicted octanol–water partition coefficient (Wildman–Crippen LogP) is 6.13. The molecule has 29 nitrogen and oxygen atoms in total. The SMILES string of the molecule is CC1(C)C(/C=C/C2=C(Oc3ccc(C[C@H](NC(=O)CCCCC(=O)CC[C@@H](NC(=O)NCCCC(=O)O)C(=O)O)C(=O)O)cc3)C(=C/C=C3/N(CCCCS(=O)(=O)O)c4ccccc4C3(C)C)/CCC2)=[N+](CCCCS(=O)(=O)O)c2ccccc21.O=C=O.O=S(=O)=O.O=S(=O)=O. The van der Waals surface area contributed by atoms with E-state index < -0.39 is 94.2 Å². The number of carboxylic acid groups (broad SMARTS) is 3. The van der Waals surface area contributed by atoms with Gasteiger partial charge in [-0.2, -0.15) is 31.0 Å². The van der Waals surface area contributed by atoms with Crippen molar-refractivity contribution in [2.45, 2.75) is 153 Å². The van der Waals surface area contributed by atoms with E-state index in [9.17, 15) is 64.9 Å². The minimum absolute atomic E-state index is 0.0214. The highest BCUT2D eigenvalue weighted by molar-refractivity contribution is 7.86. The van der Waals surface area contributed by atoms with Gasteiger partial charge in [-0.15, -0.1) is 25.3 Å². The fraction of sp³-hybridized carbons (Fsp3) is 0.460. The molecule has 3 aliphatic rings. The van der Waals surface area contributed by atoms with E-state index >= 15 is 0 Å². The molecule has 96 heavy (non-hydrogen) atoms. The van der Waals surface area contributed by atoms with E-state index in [2.05, 4.69) is 89.6 Å². The van der Waals surface area contributed by atoms with Gasteiger partial charge >= 0.3 is 51.3 Å². The number of nitrogens with zero attached hydrogens (tertiary/aromatic N) is 2. The van der Waals surface area contributed by atoms with Crippen LogP contribution in [-0.2, 0) is 92.3 Å². The topological polar surface area (TPSA) is 460 Å². The molecule has 2 atom stereocenters. The minimum Gasteiger partial charge on any atom is -0.481 e. The molecule has 0 bridgehead atoms. The third-order valence-corrected chi connectivity index (χ3v) is 17.1. The minimum atomic E-state index is -4.13. The number of fused-ring (bicyclic) bond motifs is 2. The largest absolute Gasteiger partial charge is 0.481 e. The van der Waals surface area contributed by atoms with E-state index in [4.69, 9.17) is 44.7 Å². The Balaban J connectivity index is 0.00000203. The molecule has 524 valence electrons. The average molecular weight is 1420 g/mol. The molecule has 6 rings (SSSR count). The van der Waals surface area contributed by atoms with Gasteiger partial charge in [0.15, 0.2) is 5.71 Å². The number of nitrogens with one attached hydrogen (secondary N) is 3. The Morgan fingerprint density at radius 1 is 0.667 bits per heavy atom. The number of carbonyl (C=O) groups is 6. The molecule has 0 aromatic heterocycles. The van der Waals surface area contributed by atoms with Crippen molar-refractivity contribution < 1.29 is 114 Å². The number of amides is 3. The van der Waals surface area contributed by atoms with Crippen LogP contribution in [0.2, 0.25) is 0 Å². The van der Waals surface area contributed by atoms with Crippen LogP contribution in [0.5, 0.6) is 5.75 Å². The first-order chi connectivity index (χ1) is 45.0. The lowest BCUT2D eigenvalue weighted by atomic mass is 9.81. The van der Waals surface area contributed by atoms with Gasteiger partial charge in [0.05, 0.1) is 16.9 Å².